The number of ketones is 1. The molecule has 2 aliphatic carbocycles. The monoisotopic (exact) mass is 258 g/mol. The Labute approximate surface area is 115 Å². The fraction of sp³-hybridized carbons (Fsp3) is 0.588. The Kier molecular flexibility index (Phi) is 2.92. The van der Waals surface area contributed by atoms with Crippen LogP contribution < -0.4 is 4.74 Å². The highest BCUT2D eigenvalue weighted by molar-refractivity contribution is 5.99. The molecule has 2 aliphatic rings. The number of benzene rings is 1. The minimum atomic E-state index is 0.318. The van der Waals surface area contributed by atoms with Gasteiger partial charge in [0.15, 0.2) is 5.78 Å². The van der Waals surface area contributed by atoms with Gasteiger partial charge in [-0.25, -0.2) is 0 Å². The number of carbonyl (C=O) groups is 1. The summed E-state index contributed by atoms with van der Waals surface area (Å²) in [4.78, 5) is 12.3. The van der Waals surface area contributed by atoms with Gasteiger partial charge in [0.1, 0.15) is 5.75 Å². The van der Waals surface area contributed by atoms with Crippen LogP contribution in [0.3, 0.4) is 0 Å². The van der Waals surface area contributed by atoms with Crippen molar-refractivity contribution in [1.82, 2.24) is 0 Å². The van der Waals surface area contributed by atoms with Crippen molar-refractivity contribution >= 4 is 5.78 Å². The van der Waals surface area contributed by atoms with E-state index in [0.29, 0.717) is 23.0 Å². The van der Waals surface area contributed by atoms with Crippen LogP contribution >= 0.6 is 0 Å². The zero-order chi connectivity index (χ0) is 13.6. The van der Waals surface area contributed by atoms with Crippen molar-refractivity contribution in [2.24, 2.45) is 11.3 Å². The lowest BCUT2D eigenvalue weighted by molar-refractivity contribution is 0.0861. The molecule has 1 aromatic rings. The van der Waals surface area contributed by atoms with Crippen LogP contribution in [0.25, 0.3) is 0 Å². The highest BCUT2D eigenvalue weighted by atomic mass is 16.5. The van der Waals surface area contributed by atoms with E-state index in [9.17, 15) is 4.79 Å². The van der Waals surface area contributed by atoms with E-state index in [1.807, 2.05) is 12.1 Å². The van der Waals surface area contributed by atoms with Crippen LogP contribution in [-0.2, 0) is 0 Å². The molecule has 2 atom stereocenters. The lowest BCUT2D eigenvalue weighted by atomic mass is 9.61. The average molecular weight is 258 g/mol. The highest BCUT2D eigenvalue weighted by Gasteiger charge is 2.41. The Morgan fingerprint density at radius 3 is 2.84 bits per heavy atom. The zero-order valence-electron chi connectivity index (χ0n) is 12.0. The average Bonchev–Trinajstić information content (AvgIpc) is 2.39. The molecule has 0 N–H and O–H groups in total. The van der Waals surface area contributed by atoms with E-state index in [4.69, 9.17) is 4.74 Å². The first-order valence-electron chi connectivity index (χ1n) is 7.21. The lowest BCUT2D eigenvalue weighted by Gasteiger charge is -2.43. The Bertz CT molecular complexity index is 516. The maximum absolute atomic E-state index is 12.3. The van der Waals surface area contributed by atoms with E-state index in [2.05, 4.69) is 19.9 Å². The van der Waals surface area contributed by atoms with Crippen molar-refractivity contribution in [2.45, 2.75) is 45.4 Å². The van der Waals surface area contributed by atoms with Crippen molar-refractivity contribution in [1.29, 1.82) is 0 Å². The largest absolute Gasteiger partial charge is 0.497 e. The first kappa shape index (κ1) is 12.7. The van der Waals surface area contributed by atoms with Crippen LogP contribution in [0.5, 0.6) is 5.75 Å². The summed E-state index contributed by atoms with van der Waals surface area (Å²) < 4.78 is 5.34. The molecular formula is C17H22O2. The molecule has 0 radical (unpaired) electrons. The number of rotatable bonds is 1. The molecule has 0 aliphatic heterocycles. The number of fused-ring (bicyclic) bond motifs is 3. The summed E-state index contributed by atoms with van der Waals surface area (Å²) in [6.45, 7) is 4.69. The molecule has 19 heavy (non-hydrogen) atoms. The quantitative estimate of drug-likeness (QED) is 0.755. The van der Waals surface area contributed by atoms with E-state index in [1.165, 1.54) is 24.8 Å². The second-order valence-corrected chi connectivity index (χ2v) is 6.85. The molecule has 2 unspecified atom stereocenters. The summed E-state index contributed by atoms with van der Waals surface area (Å²) in [5.41, 5.74) is 2.55. The van der Waals surface area contributed by atoms with Crippen LogP contribution in [0.15, 0.2) is 18.2 Å². The smallest absolute Gasteiger partial charge is 0.163 e. The van der Waals surface area contributed by atoms with Crippen LogP contribution in [0.2, 0.25) is 0 Å². The third kappa shape index (κ3) is 2.18. The van der Waals surface area contributed by atoms with Crippen LogP contribution in [0.4, 0.5) is 0 Å². The highest BCUT2D eigenvalue weighted by Crippen LogP contribution is 2.51. The third-order valence-electron chi connectivity index (χ3n) is 4.94. The molecule has 0 aromatic heterocycles. The molecule has 1 saturated carbocycles. The van der Waals surface area contributed by atoms with E-state index < -0.39 is 0 Å². The number of methoxy groups -OCH3 is 1. The molecular weight excluding hydrogens is 236 g/mol. The summed E-state index contributed by atoms with van der Waals surface area (Å²) in [7, 11) is 1.69. The second kappa shape index (κ2) is 4.36. The predicted molar refractivity (Wildman–Crippen MR) is 75.8 cm³/mol. The molecule has 1 aromatic carbocycles. The van der Waals surface area contributed by atoms with E-state index in [0.717, 1.165) is 17.7 Å². The summed E-state index contributed by atoms with van der Waals surface area (Å²) >= 11 is 0. The van der Waals surface area contributed by atoms with Gasteiger partial charge in [-0.2, -0.15) is 0 Å². The van der Waals surface area contributed by atoms with Gasteiger partial charge in [0, 0.05) is 12.0 Å². The molecule has 0 heterocycles. The van der Waals surface area contributed by atoms with Gasteiger partial charge in [-0.1, -0.05) is 13.8 Å². The standard InChI is InChI=1S/C17H22O2/c1-17(2)7-6-11-8-16(18)13-5-4-12(19-3)9-14(13)15(11)10-17/h4-5,9,11,15H,6-8,10H2,1-3H3. The number of carbonyl (C=O) groups excluding carboxylic acids is 1. The number of Topliss-reactive ketones (excluding diaryl/α,β-unsaturated/α-hetero) is 1. The molecule has 0 bridgehead atoms. The first-order valence-corrected chi connectivity index (χ1v) is 7.21. The molecule has 0 amide bonds. The molecule has 0 spiro atoms. The predicted octanol–water partition coefficient (Wildman–Crippen LogP) is 4.19. The van der Waals surface area contributed by atoms with E-state index >= 15 is 0 Å². The van der Waals surface area contributed by atoms with E-state index in [-0.39, 0.29) is 0 Å². The molecule has 2 heteroatoms. The normalized spacial score (nSPS) is 28.5. The third-order valence-corrected chi connectivity index (χ3v) is 4.94. The minimum absolute atomic E-state index is 0.318. The van der Waals surface area contributed by atoms with Crippen LogP contribution in [-0.4, -0.2) is 12.9 Å². The van der Waals surface area contributed by atoms with Crippen LogP contribution in [0, 0.1) is 11.3 Å². The van der Waals surface area contributed by atoms with Gasteiger partial charge in [0.05, 0.1) is 7.11 Å². The maximum atomic E-state index is 12.3. The van der Waals surface area contributed by atoms with Gasteiger partial charge in [-0.3, -0.25) is 4.79 Å². The van der Waals surface area contributed by atoms with Crippen LogP contribution in [0.1, 0.15) is 61.4 Å². The van der Waals surface area contributed by atoms with Gasteiger partial charge in [-0.05, 0) is 60.3 Å². The SMILES string of the molecule is COc1ccc2c(c1)C1CC(C)(C)CCC1CC2=O. The lowest BCUT2D eigenvalue weighted by Crippen LogP contribution is -2.34. The van der Waals surface area contributed by atoms with Gasteiger partial charge >= 0.3 is 0 Å². The Balaban J connectivity index is 2.05. The Hall–Kier alpha value is -1.31. The fourth-order valence-electron chi connectivity index (χ4n) is 3.83. The number of hydrogen-bond acceptors (Lipinski definition) is 2. The van der Waals surface area contributed by atoms with Crippen molar-refractivity contribution in [2.75, 3.05) is 7.11 Å². The first-order chi connectivity index (χ1) is 9.00. The van der Waals surface area contributed by atoms with Gasteiger partial charge < -0.3 is 4.74 Å². The summed E-state index contributed by atoms with van der Waals surface area (Å²) in [6.07, 6.45) is 4.34. The minimum Gasteiger partial charge on any atom is -0.497 e. The number of ether oxygens (including phenoxy) is 1. The number of hydrogen-bond donors (Lipinski definition) is 0. The van der Waals surface area contributed by atoms with Crippen molar-refractivity contribution < 1.29 is 9.53 Å². The van der Waals surface area contributed by atoms with Gasteiger partial charge in [0.25, 0.3) is 0 Å². The van der Waals surface area contributed by atoms with Gasteiger partial charge in [0.2, 0.25) is 0 Å². The maximum Gasteiger partial charge on any atom is 0.163 e. The molecule has 0 saturated heterocycles. The van der Waals surface area contributed by atoms with Crippen molar-refractivity contribution in [3.63, 3.8) is 0 Å². The summed E-state index contributed by atoms with van der Waals surface area (Å²) in [5, 5.41) is 0. The molecule has 102 valence electrons. The van der Waals surface area contributed by atoms with Crippen molar-refractivity contribution in [3.05, 3.63) is 29.3 Å². The Morgan fingerprint density at radius 2 is 2.11 bits per heavy atom. The topological polar surface area (TPSA) is 26.3 Å². The molecule has 2 nitrogen and oxygen atoms in total. The zero-order valence-corrected chi connectivity index (χ0v) is 12.0. The second-order valence-electron chi connectivity index (χ2n) is 6.85. The van der Waals surface area contributed by atoms with Gasteiger partial charge in [-0.15, -0.1) is 0 Å². The molecule has 1 fully saturated rings. The molecule has 3 rings (SSSR count). The summed E-state index contributed by atoms with van der Waals surface area (Å²) in [6, 6.07) is 5.95. The summed E-state index contributed by atoms with van der Waals surface area (Å²) in [5.74, 6) is 2.26. The van der Waals surface area contributed by atoms with E-state index in [1.54, 1.807) is 7.11 Å². The fourth-order valence-corrected chi connectivity index (χ4v) is 3.83. The van der Waals surface area contributed by atoms with Crippen molar-refractivity contribution in [3.8, 4) is 5.75 Å². The Morgan fingerprint density at radius 1 is 1.32 bits per heavy atom.